The third-order valence-corrected chi connectivity index (χ3v) is 3.37. The molecule has 0 amide bonds. The first-order valence-electron chi connectivity index (χ1n) is 5.53. The highest BCUT2D eigenvalue weighted by molar-refractivity contribution is 6.31. The van der Waals surface area contributed by atoms with E-state index in [1.807, 2.05) is 0 Å². The Morgan fingerprint density at radius 1 is 1.31 bits per heavy atom. The smallest absolute Gasteiger partial charge is 0.144 e. The molecule has 4 heteroatoms. The van der Waals surface area contributed by atoms with Crippen LogP contribution in [0, 0.1) is 11.6 Å². The average molecular weight is 246 g/mol. The molecule has 1 heterocycles. The predicted octanol–water partition coefficient (Wildman–Crippen LogP) is 3.30. The van der Waals surface area contributed by atoms with Crippen molar-refractivity contribution in [1.82, 2.24) is 5.32 Å². The van der Waals surface area contributed by atoms with Crippen molar-refractivity contribution in [2.75, 3.05) is 6.54 Å². The van der Waals surface area contributed by atoms with Crippen LogP contribution in [0.25, 0.3) is 0 Å². The van der Waals surface area contributed by atoms with E-state index in [0.717, 1.165) is 25.5 Å². The zero-order valence-electron chi connectivity index (χ0n) is 8.90. The lowest BCUT2D eigenvalue weighted by atomic mass is 9.97. The van der Waals surface area contributed by atoms with Crippen LogP contribution in [-0.2, 0) is 6.42 Å². The van der Waals surface area contributed by atoms with Gasteiger partial charge in [0.15, 0.2) is 0 Å². The van der Waals surface area contributed by atoms with E-state index in [0.29, 0.717) is 12.0 Å². The van der Waals surface area contributed by atoms with Gasteiger partial charge in [-0.15, -0.1) is 0 Å². The van der Waals surface area contributed by atoms with Gasteiger partial charge in [-0.25, -0.2) is 8.78 Å². The van der Waals surface area contributed by atoms with Crippen LogP contribution in [0.3, 0.4) is 0 Å². The fraction of sp³-hybridized carbons (Fsp3) is 0.500. The molecule has 1 atom stereocenters. The van der Waals surface area contributed by atoms with Crippen LogP contribution >= 0.6 is 11.6 Å². The summed E-state index contributed by atoms with van der Waals surface area (Å²) in [6.45, 7) is 0.972. The molecular weight excluding hydrogens is 232 g/mol. The maximum atomic E-state index is 13.2. The van der Waals surface area contributed by atoms with Gasteiger partial charge in [0.2, 0.25) is 0 Å². The second-order valence-electron chi connectivity index (χ2n) is 4.21. The largest absolute Gasteiger partial charge is 0.314 e. The van der Waals surface area contributed by atoms with E-state index in [1.54, 1.807) is 0 Å². The molecule has 2 rings (SSSR count). The van der Waals surface area contributed by atoms with E-state index < -0.39 is 11.6 Å². The van der Waals surface area contributed by atoms with Gasteiger partial charge in [-0.3, -0.25) is 0 Å². The van der Waals surface area contributed by atoms with E-state index in [-0.39, 0.29) is 11.1 Å². The number of halogens is 3. The first kappa shape index (κ1) is 11.8. The highest BCUT2D eigenvalue weighted by Crippen LogP contribution is 2.24. The fourth-order valence-electron chi connectivity index (χ4n) is 2.12. The van der Waals surface area contributed by atoms with Gasteiger partial charge in [0.1, 0.15) is 11.6 Å². The molecule has 1 N–H and O–H groups in total. The van der Waals surface area contributed by atoms with Crippen LogP contribution in [0.2, 0.25) is 5.02 Å². The fourth-order valence-corrected chi connectivity index (χ4v) is 2.31. The first-order valence-corrected chi connectivity index (χ1v) is 5.91. The Morgan fingerprint density at radius 3 is 2.81 bits per heavy atom. The summed E-state index contributed by atoms with van der Waals surface area (Å²) >= 11 is 5.81. The number of nitrogens with one attached hydrogen (secondary N) is 1. The zero-order valence-corrected chi connectivity index (χ0v) is 9.66. The summed E-state index contributed by atoms with van der Waals surface area (Å²) in [6, 6.07) is 2.43. The molecular formula is C12H14ClF2N. The molecule has 0 aliphatic carbocycles. The van der Waals surface area contributed by atoms with Gasteiger partial charge in [0.05, 0.1) is 5.02 Å². The molecule has 0 bridgehead atoms. The van der Waals surface area contributed by atoms with Crippen molar-refractivity contribution in [2.45, 2.75) is 31.7 Å². The van der Waals surface area contributed by atoms with Crippen LogP contribution in [0.1, 0.15) is 24.8 Å². The normalized spacial score (nSPS) is 21.1. The van der Waals surface area contributed by atoms with Crippen molar-refractivity contribution >= 4 is 11.6 Å². The van der Waals surface area contributed by atoms with Gasteiger partial charge >= 0.3 is 0 Å². The molecule has 16 heavy (non-hydrogen) atoms. The summed E-state index contributed by atoms with van der Waals surface area (Å²) in [7, 11) is 0. The van der Waals surface area contributed by atoms with Crippen LogP contribution in [0.4, 0.5) is 8.78 Å². The molecule has 1 aromatic rings. The highest BCUT2D eigenvalue weighted by atomic mass is 35.5. The highest BCUT2D eigenvalue weighted by Gasteiger charge is 2.16. The molecule has 1 saturated heterocycles. The van der Waals surface area contributed by atoms with Crippen LogP contribution < -0.4 is 5.32 Å². The molecule has 1 aliphatic heterocycles. The lowest BCUT2D eigenvalue weighted by molar-refractivity contribution is 0.398. The Kier molecular flexibility index (Phi) is 3.77. The maximum absolute atomic E-state index is 13.2. The maximum Gasteiger partial charge on any atom is 0.144 e. The monoisotopic (exact) mass is 245 g/mol. The Balaban J connectivity index is 2.13. The SMILES string of the molecule is Fc1cc(F)c(Cl)c(CC2CCCCN2)c1. The Morgan fingerprint density at radius 2 is 2.12 bits per heavy atom. The molecule has 1 nitrogen and oxygen atoms in total. The molecule has 1 aliphatic rings. The third-order valence-electron chi connectivity index (χ3n) is 2.95. The number of piperidine rings is 1. The van der Waals surface area contributed by atoms with Gasteiger partial charge in [-0.05, 0) is 37.4 Å². The summed E-state index contributed by atoms with van der Waals surface area (Å²) in [5.74, 6) is -1.24. The van der Waals surface area contributed by atoms with Crippen molar-refractivity contribution in [3.63, 3.8) is 0 Å². The number of hydrogen-bond acceptors (Lipinski definition) is 1. The quantitative estimate of drug-likeness (QED) is 0.789. The summed E-state index contributed by atoms with van der Waals surface area (Å²) in [4.78, 5) is 0. The number of benzene rings is 1. The van der Waals surface area contributed by atoms with Crippen LogP contribution in [-0.4, -0.2) is 12.6 Å². The van der Waals surface area contributed by atoms with E-state index in [1.165, 1.54) is 12.5 Å². The van der Waals surface area contributed by atoms with E-state index in [9.17, 15) is 8.78 Å². The third kappa shape index (κ3) is 2.71. The summed E-state index contributed by atoms with van der Waals surface area (Å²) in [5.41, 5.74) is 0.554. The van der Waals surface area contributed by atoms with Crippen LogP contribution in [0.5, 0.6) is 0 Å². The summed E-state index contributed by atoms with van der Waals surface area (Å²) in [6.07, 6.45) is 3.96. The Labute approximate surface area is 98.8 Å². The second kappa shape index (κ2) is 5.11. The van der Waals surface area contributed by atoms with Crippen molar-refractivity contribution in [1.29, 1.82) is 0 Å². The van der Waals surface area contributed by atoms with Gasteiger partial charge < -0.3 is 5.32 Å². The van der Waals surface area contributed by atoms with Crippen LogP contribution in [0.15, 0.2) is 12.1 Å². The molecule has 1 fully saturated rings. The molecule has 0 radical (unpaired) electrons. The summed E-state index contributed by atoms with van der Waals surface area (Å²) < 4.78 is 26.2. The average Bonchev–Trinajstić information content (AvgIpc) is 2.27. The lowest BCUT2D eigenvalue weighted by Gasteiger charge is -2.23. The summed E-state index contributed by atoms with van der Waals surface area (Å²) in [5, 5.41) is 3.38. The Hall–Kier alpha value is -0.670. The van der Waals surface area contributed by atoms with Crippen molar-refractivity contribution in [3.05, 3.63) is 34.4 Å². The van der Waals surface area contributed by atoms with Crippen molar-refractivity contribution in [3.8, 4) is 0 Å². The van der Waals surface area contributed by atoms with E-state index >= 15 is 0 Å². The topological polar surface area (TPSA) is 12.0 Å². The minimum atomic E-state index is -0.674. The molecule has 1 unspecified atom stereocenters. The molecule has 88 valence electrons. The predicted molar refractivity (Wildman–Crippen MR) is 60.7 cm³/mol. The second-order valence-corrected chi connectivity index (χ2v) is 4.59. The standard InChI is InChI=1S/C12H14ClF2N/c13-12-8(5-9(14)7-11(12)15)6-10-3-1-2-4-16-10/h5,7,10,16H,1-4,6H2. The number of rotatable bonds is 2. The minimum Gasteiger partial charge on any atom is -0.314 e. The molecule has 0 aromatic heterocycles. The minimum absolute atomic E-state index is 0.0498. The Bertz CT molecular complexity index is 376. The molecule has 1 aromatic carbocycles. The number of hydrogen-bond donors (Lipinski definition) is 1. The van der Waals surface area contributed by atoms with Crippen molar-refractivity contribution < 1.29 is 8.78 Å². The first-order chi connectivity index (χ1) is 7.66. The lowest BCUT2D eigenvalue weighted by Crippen LogP contribution is -2.35. The van der Waals surface area contributed by atoms with Gasteiger partial charge in [0.25, 0.3) is 0 Å². The zero-order chi connectivity index (χ0) is 11.5. The molecule has 0 spiro atoms. The van der Waals surface area contributed by atoms with Gasteiger partial charge in [-0.1, -0.05) is 18.0 Å². The van der Waals surface area contributed by atoms with Gasteiger partial charge in [0, 0.05) is 12.1 Å². The van der Waals surface area contributed by atoms with Crippen molar-refractivity contribution in [2.24, 2.45) is 0 Å². The van der Waals surface area contributed by atoms with Gasteiger partial charge in [-0.2, -0.15) is 0 Å². The van der Waals surface area contributed by atoms with E-state index in [4.69, 9.17) is 11.6 Å². The van der Waals surface area contributed by atoms with E-state index in [2.05, 4.69) is 5.32 Å². The molecule has 0 saturated carbocycles.